The molecule has 1 saturated heterocycles. The number of halogens is 1. The number of ether oxygens (including phenoxy) is 1. The van der Waals surface area contributed by atoms with Gasteiger partial charge in [-0.1, -0.05) is 28.1 Å². The Morgan fingerprint density at radius 3 is 2.69 bits per heavy atom. The van der Waals surface area contributed by atoms with Crippen LogP contribution in [0, 0.1) is 0 Å². The van der Waals surface area contributed by atoms with E-state index in [9.17, 15) is 13.2 Å². The van der Waals surface area contributed by atoms with Crippen molar-refractivity contribution in [1.29, 1.82) is 0 Å². The Morgan fingerprint density at radius 2 is 1.90 bits per heavy atom. The van der Waals surface area contributed by atoms with Gasteiger partial charge in [0.2, 0.25) is 10.0 Å². The zero-order valence-corrected chi connectivity index (χ0v) is 17.7. The van der Waals surface area contributed by atoms with E-state index in [0.29, 0.717) is 37.5 Å². The summed E-state index contributed by atoms with van der Waals surface area (Å²) in [5.74, 6) is -0.408. The zero-order valence-electron chi connectivity index (χ0n) is 15.3. The molecule has 29 heavy (non-hydrogen) atoms. The van der Waals surface area contributed by atoms with Crippen molar-refractivity contribution in [2.24, 2.45) is 0 Å². The minimum absolute atomic E-state index is 0.0873. The SMILES string of the molecule is O=C(Nc1cc(Br)cc2cccnc12)c1cccc(S(=O)(=O)N2CCOCC2)c1. The first-order chi connectivity index (χ1) is 13.9. The summed E-state index contributed by atoms with van der Waals surface area (Å²) in [5, 5.41) is 3.72. The summed E-state index contributed by atoms with van der Waals surface area (Å²) in [7, 11) is -3.68. The van der Waals surface area contributed by atoms with Crippen molar-refractivity contribution in [2.75, 3.05) is 31.6 Å². The van der Waals surface area contributed by atoms with Crippen LogP contribution in [0.5, 0.6) is 0 Å². The normalized spacial score (nSPS) is 15.3. The lowest BCUT2D eigenvalue weighted by Crippen LogP contribution is -2.40. The van der Waals surface area contributed by atoms with Gasteiger partial charge in [-0.05, 0) is 36.4 Å². The van der Waals surface area contributed by atoms with Gasteiger partial charge in [-0.3, -0.25) is 9.78 Å². The van der Waals surface area contributed by atoms with Crippen molar-refractivity contribution in [1.82, 2.24) is 9.29 Å². The minimum Gasteiger partial charge on any atom is -0.379 e. The summed E-state index contributed by atoms with van der Waals surface area (Å²) in [6, 6.07) is 13.4. The molecule has 0 unspecified atom stereocenters. The average molecular weight is 476 g/mol. The first-order valence-corrected chi connectivity index (χ1v) is 11.2. The van der Waals surface area contributed by atoms with E-state index in [1.165, 1.54) is 16.4 Å². The number of rotatable bonds is 4. The number of pyridine rings is 1. The molecule has 7 nitrogen and oxygen atoms in total. The van der Waals surface area contributed by atoms with Gasteiger partial charge in [0, 0.05) is 34.7 Å². The molecule has 1 N–H and O–H groups in total. The fraction of sp³-hybridized carbons (Fsp3) is 0.200. The van der Waals surface area contributed by atoms with Gasteiger partial charge in [-0.2, -0.15) is 4.31 Å². The first-order valence-electron chi connectivity index (χ1n) is 8.99. The summed E-state index contributed by atoms with van der Waals surface area (Å²) in [5.41, 5.74) is 1.45. The Hall–Kier alpha value is -2.33. The highest BCUT2D eigenvalue weighted by atomic mass is 79.9. The number of benzene rings is 2. The molecule has 0 radical (unpaired) electrons. The quantitative estimate of drug-likeness (QED) is 0.625. The number of amides is 1. The van der Waals surface area contributed by atoms with E-state index < -0.39 is 15.9 Å². The number of fused-ring (bicyclic) bond motifs is 1. The highest BCUT2D eigenvalue weighted by molar-refractivity contribution is 9.10. The fourth-order valence-corrected chi connectivity index (χ4v) is 5.11. The third kappa shape index (κ3) is 4.18. The Labute approximate surface area is 176 Å². The summed E-state index contributed by atoms with van der Waals surface area (Å²) in [6.45, 7) is 1.33. The molecule has 1 aromatic heterocycles. The van der Waals surface area contributed by atoms with Crippen molar-refractivity contribution in [3.8, 4) is 0 Å². The lowest BCUT2D eigenvalue weighted by Gasteiger charge is -2.26. The predicted molar refractivity (Wildman–Crippen MR) is 113 cm³/mol. The van der Waals surface area contributed by atoms with E-state index in [2.05, 4.69) is 26.2 Å². The summed E-state index contributed by atoms with van der Waals surface area (Å²) in [4.78, 5) is 17.3. The molecule has 4 rings (SSSR count). The van der Waals surface area contributed by atoms with E-state index in [1.54, 1.807) is 24.4 Å². The van der Waals surface area contributed by atoms with Crippen LogP contribution >= 0.6 is 15.9 Å². The Bertz CT molecular complexity index is 1180. The first kappa shape index (κ1) is 20.0. The van der Waals surface area contributed by atoms with Crippen molar-refractivity contribution < 1.29 is 17.9 Å². The van der Waals surface area contributed by atoms with Crippen LogP contribution in [0.1, 0.15) is 10.4 Å². The molecule has 1 aliphatic heterocycles. The number of aromatic nitrogens is 1. The Morgan fingerprint density at radius 1 is 1.10 bits per heavy atom. The molecule has 2 aromatic carbocycles. The maximum Gasteiger partial charge on any atom is 0.255 e. The molecule has 0 saturated carbocycles. The molecule has 1 aliphatic rings. The molecule has 0 bridgehead atoms. The summed E-state index contributed by atoms with van der Waals surface area (Å²) >= 11 is 3.44. The number of hydrogen-bond donors (Lipinski definition) is 1. The van der Waals surface area contributed by atoms with Gasteiger partial charge in [-0.25, -0.2) is 8.42 Å². The molecule has 1 amide bonds. The molecule has 3 aromatic rings. The van der Waals surface area contributed by atoms with Crippen LogP contribution in [0.15, 0.2) is 64.1 Å². The molecule has 0 atom stereocenters. The van der Waals surface area contributed by atoms with Crippen molar-refractivity contribution >= 4 is 48.5 Å². The average Bonchev–Trinajstić information content (AvgIpc) is 2.74. The van der Waals surface area contributed by atoms with Crippen molar-refractivity contribution in [2.45, 2.75) is 4.90 Å². The number of carbonyl (C=O) groups is 1. The number of anilines is 1. The smallest absolute Gasteiger partial charge is 0.255 e. The van der Waals surface area contributed by atoms with Crippen LogP contribution < -0.4 is 5.32 Å². The monoisotopic (exact) mass is 475 g/mol. The maximum atomic E-state index is 12.9. The van der Waals surface area contributed by atoms with Gasteiger partial charge in [0.15, 0.2) is 0 Å². The van der Waals surface area contributed by atoms with Crippen LogP contribution in [-0.2, 0) is 14.8 Å². The number of carbonyl (C=O) groups excluding carboxylic acids is 1. The van der Waals surface area contributed by atoms with Crippen molar-refractivity contribution in [3.05, 3.63) is 64.8 Å². The predicted octanol–water partition coefficient (Wildman–Crippen LogP) is 3.27. The van der Waals surface area contributed by atoms with Crippen LogP contribution in [0.3, 0.4) is 0 Å². The minimum atomic E-state index is -3.68. The van der Waals surface area contributed by atoms with Crippen LogP contribution in [-0.4, -0.2) is 49.9 Å². The largest absolute Gasteiger partial charge is 0.379 e. The van der Waals surface area contributed by atoms with Crippen LogP contribution in [0.2, 0.25) is 0 Å². The van der Waals surface area contributed by atoms with Gasteiger partial charge >= 0.3 is 0 Å². The van der Waals surface area contributed by atoms with Gasteiger partial charge < -0.3 is 10.1 Å². The Balaban J connectivity index is 1.63. The number of nitrogens with zero attached hydrogens (tertiary/aromatic N) is 2. The number of hydrogen-bond acceptors (Lipinski definition) is 5. The van der Waals surface area contributed by atoms with Crippen LogP contribution in [0.4, 0.5) is 5.69 Å². The molecule has 0 aliphatic carbocycles. The third-order valence-electron chi connectivity index (χ3n) is 4.62. The summed E-state index contributed by atoms with van der Waals surface area (Å²) in [6.07, 6.45) is 1.65. The van der Waals surface area contributed by atoms with Crippen molar-refractivity contribution in [3.63, 3.8) is 0 Å². The van der Waals surface area contributed by atoms with Gasteiger partial charge in [0.1, 0.15) is 0 Å². The lowest BCUT2D eigenvalue weighted by atomic mass is 10.1. The second kappa shape index (κ2) is 8.19. The van der Waals surface area contributed by atoms with E-state index in [1.807, 2.05) is 18.2 Å². The summed E-state index contributed by atoms with van der Waals surface area (Å²) < 4.78 is 33.1. The topological polar surface area (TPSA) is 88.6 Å². The fourth-order valence-electron chi connectivity index (χ4n) is 3.18. The zero-order chi connectivity index (χ0) is 20.4. The third-order valence-corrected chi connectivity index (χ3v) is 6.97. The van der Waals surface area contributed by atoms with E-state index in [0.717, 1.165) is 9.86 Å². The van der Waals surface area contributed by atoms with E-state index >= 15 is 0 Å². The van der Waals surface area contributed by atoms with Gasteiger partial charge in [0.05, 0.1) is 29.3 Å². The molecular formula is C20H18BrN3O4S. The van der Waals surface area contributed by atoms with Gasteiger partial charge in [0.25, 0.3) is 5.91 Å². The molecule has 0 spiro atoms. The standard InChI is InChI=1S/C20H18BrN3O4S/c21-16-11-14-4-2-6-22-19(14)18(13-16)23-20(25)15-3-1-5-17(12-15)29(26,27)24-7-9-28-10-8-24/h1-6,11-13H,7-10H2,(H,23,25). The van der Waals surface area contributed by atoms with Gasteiger partial charge in [-0.15, -0.1) is 0 Å². The molecule has 150 valence electrons. The number of nitrogens with one attached hydrogen (secondary N) is 1. The van der Waals surface area contributed by atoms with Crippen LogP contribution in [0.25, 0.3) is 10.9 Å². The second-order valence-corrected chi connectivity index (χ2v) is 9.38. The van der Waals surface area contributed by atoms with E-state index in [-0.39, 0.29) is 10.5 Å². The second-order valence-electron chi connectivity index (χ2n) is 6.53. The maximum absolute atomic E-state index is 12.9. The molecular weight excluding hydrogens is 458 g/mol. The Kier molecular flexibility index (Phi) is 5.64. The highest BCUT2D eigenvalue weighted by Gasteiger charge is 2.27. The molecule has 2 heterocycles. The molecule has 9 heteroatoms. The number of sulfonamides is 1. The van der Waals surface area contributed by atoms with E-state index in [4.69, 9.17) is 4.74 Å². The molecule has 1 fully saturated rings. The number of morpholine rings is 1. The highest BCUT2D eigenvalue weighted by Crippen LogP contribution is 2.27. The lowest BCUT2D eigenvalue weighted by molar-refractivity contribution is 0.0730.